The molecule has 0 saturated heterocycles. The third kappa shape index (κ3) is 2.85. The molecule has 3 aromatic rings. The molecule has 0 aliphatic heterocycles. The zero-order chi connectivity index (χ0) is 16.4. The molecule has 1 heterocycles. The van der Waals surface area contributed by atoms with Crippen LogP contribution < -0.4 is 4.74 Å². The van der Waals surface area contributed by atoms with Crippen LogP contribution >= 0.6 is 0 Å². The van der Waals surface area contributed by atoms with E-state index in [-0.39, 0.29) is 18.1 Å². The summed E-state index contributed by atoms with van der Waals surface area (Å²) < 4.78 is 19.8. The number of Topliss-reactive ketones (excluding diaryl/α,β-unsaturated/α-hetero) is 1. The second kappa shape index (κ2) is 6.04. The lowest BCUT2D eigenvalue weighted by Gasteiger charge is -2.06. The quantitative estimate of drug-likeness (QED) is 0.535. The number of ketones is 1. The second-order valence-electron chi connectivity index (χ2n) is 5.14. The van der Waals surface area contributed by atoms with Crippen LogP contribution in [0.5, 0.6) is 5.75 Å². The largest absolute Gasteiger partial charge is 0.497 e. The van der Waals surface area contributed by atoms with Crippen molar-refractivity contribution in [2.24, 2.45) is 0 Å². The first kappa shape index (κ1) is 15.0. The molecule has 0 fully saturated rings. The van der Waals surface area contributed by atoms with E-state index in [1.807, 2.05) is 0 Å². The summed E-state index contributed by atoms with van der Waals surface area (Å²) in [6.07, 6.45) is 2.39. The fourth-order valence-electron chi connectivity index (χ4n) is 2.54. The van der Waals surface area contributed by atoms with Crippen molar-refractivity contribution in [1.82, 2.24) is 4.57 Å². The number of halogens is 1. The summed E-state index contributed by atoms with van der Waals surface area (Å²) in [5.41, 5.74) is 1.68. The molecule has 0 radical (unpaired) electrons. The summed E-state index contributed by atoms with van der Waals surface area (Å²) in [5, 5.41) is 0.728. The first-order valence-corrected chi connectivity index (χ1v) is 7.03. The summed E-state index contributed by atoms with van der Waals surface area (Å²) in [5.74, 6) is 0.0988. The lowest BCUT2D eigenvalue weighted by Crippen LogP contribution is -2.09. The van der Waals surface area contributed by atoms with Crippen LogP contribution in [0.2, 0.25) is 0 Å². The maximum Gasteiger partial charge on any atom is 0.182 e. The third-order valence-electron chi connectivity index (χ3n) is 3.73. The van der Waals surface area contributed by atoms with Crippen molar-refractivity contribution in [3.8, 4) is 5.75 Å². The Labute approximate surface area is 132 Å². The molecule has 0 spiro atoms. The van der Waals surface area contributed by atoms with Gasteiger partial charge in [-0.3, -0.25) is 9.59 Å². The molecule has 0 N–H and O–H groups in total. The number of aromatic nitrogens is 1. The van der Waals surface area contributed by atoms with Crippen LogP contribution in [0, 0.1) is 5.82 Å². The van der Waals surface area contributed by atoms with Crippen molar-refractivity contribution in [2.75, 3.05) is 7.11 Å². The van der Waals surface area contributed by atoms with Crippen LogP contribution in [0.4, 0.5) is 4.39 Å². The van der Waals surface area contributed by atoms with Crippen LogP contribution in [0.25, 0.3) is 10.9 Å². The predicted octanol–water partition coefficient (Wildman–Crippen LogP) is 3.48. The number of fused-ring (bicyclic) bond motifs is 1. The highest BCUT2D eigenvalue weighted by atomic mass is 19.1. The second-order valence-corrected chi connectivity index (χ2v) is 5.14. The molecule has 0 amide bonds. The molecule has 116 valence electrons. The molecule has 0 aliphatic rings. The Balaban J connectivity index is 1.98. The average Bonchev–Trinajstić information content (AvgIpc) is 2.92. The Bertz CT molecular complexity index is 881. The van der Waals surface area contributed by atoms with E-state index in [1.54, 1.807) is 36.1 Å². The van der Waals surface area contributed by atoms with E-state index in [1.165, 1.54) is 24.3 Å². The van der Waals surface area contributed by atoms with E-state index < -0.39 is 0 Å². The molecule has 0 aliphatic carbocycles. The zero-order valence-corrected chi connectivity index (χ0v) is 12.5. The maximum atomic E-state index is 12.9. The minimum absolute atomic E-state index is 0.0717. The normalized spacial score (nSPS) is 10.7. The molecule has 4 nitrogen and oxygen atoms in total. The van der Waals surface area contributed by atoms with Crippen molar-refractivity contribution in [1.29, 1.82) is 0 Å². The van der Waals surface area contributed by atoms with Crippen molar-refractivity contribution >= 4 is 23.0 Å². The molecule has 5 heteroatoms. The molecular weight excluding hydrogens is 297 g/mol. The smallest absolute Gasteiger partial charge is 0.182 e. The fraction of sp³-hybridized carbons (Fsp3) is 0.111. The van der Waals surface area contributed by atoms with Crippen molar-refractivity contribution in [3.63, 3.8) is 0 Å². The number of methoxy groups -OCH3 is 1. The van der Waals surface area contributed by atoms with Crippen LogP contribution in [0.15, 0.2) is 48.7 Å². The summed E-state index contributed by atoms with van der Waals surface area (Å²) in [6.45, 7) is 0.0717. The van der Waals surface area contributed by atoms with Gasteiger partial charge in [0.1, 0.15) is 11.6 Å². The van der Waals surface area contributed by atoms with Gasteiger partial charge in [-0.2, -0.15) is 0 Å². The van der Waals surface area contributed by atoms with Gasteiger partial charge in [-0.05, 0) is 42.5 Å². The van der Waals surface area contributed by atoms with Crippen molar-refractivity contribution < 1.29 is 18.7 Å². The minimum Gasteiger partial charge on any atom is -0.497 e. The van der Waals surface area contributed by atoms with E-state index in [0.717, 1.165) is 17.2 Å². The van der Waals surface area contributed by atoms with Crippen LogP contribution in [-0.4, -0.2) is 23.7 Å². The lowest BCUT2D eigenvalue weighted by molar-refractivity contribution is 0.0972. The fourth-order valence-corrected chi connectivity index (χ4v) is 2.54. The van der Waals surface area contributed by atoms with Gasteiger partial charge in [0, 0.05) is 28.2 Å². The van der Waals surface area contributed by atoms with Gasteiger partial charge in [0.2, 0.25) is 0 Å². The van der Waals surface area contributed by atoms with Gasteiger partial charge in [0.05, 0.1) is 13.7 Å². The van der Waals surface area contributed by atoms with Gasteiger partial charge in [-0.1, -0.05) is 0 Å². The Morgan fingerprint density at radius 2 is 1.96 bits per heavy atom. The number of hydrogen-bond donors (Lipinski definition) is 0. The Morgan fingerprint density at radius 1 is 1.22 bits per heavy atom. The molecule has 23 heavy (non-hydrogen) atoms. The third-order valence-corrected chi connectivity index (χ3v) is 3.73. The van der Waals surface area contributed by atoms with Crippen LogP contribution in [0.1, 0.15) is 20.7 Å². The molecule has 0 atom stereocenters. The molecule has 0 unspecified atom stereocenters. The van der Waals surface area contributed by atoms with Gasteiger partial charge in [-0.25, -0.2) is 4.39 Å². The minimum atomic E-state index is -0.386. The highest BCUT2D eigenvalue weighted by molar-refractivity contribution is 6.00. The van der Waals surface area contributed by atoms with E-state index >= 15 is 0 Å². The number of carbonyl (C=O) groups excluding carboxylic acids is 2. The Hall–Kier alpha value is -2.95. The molecule has 2 aromatic carbocycles. The van der Waals surface area contributed by atoms with Crippen molar-refractivity contribution in [3.05, 3.63) is 65.6 Å². The summed E-state index contributed by atoms with van der Waals surface area (Å²) in [4.78, 5) is 23.6. The molecule has 0 saturated carbocycles. The first-order valence-electron chi connectivity index (χ1n) is 7.03. The zero-order valence-electron chi connectivity index (χ0n) is 12.5. The van der Waals surface area contributed by atoms with Crippen molar-refractivity contribution in [2.45, 2.75) is 6.54 Å². The average molecular weight is 311 g/mol. The number of benzene rings is 2. The maximum absolute atomic E-state index is 12.9. The van der Waals surface area contributed by atoms with Crippen LogP contribution in [-0.2, 0) is 6.54 Å². The van der Waals surface area contributed by atoms with Gasteiger partial charge in [0.25, 0.3) is 0 Å². The van der Waals surface area contributed by atoms with Gasteiger partial charge < -0.3 is 9.30 Å². The predicted molar refractivity (Wildman–Crippen MR) is 84.6 cm³/mol. The van der Waals surface area contributed by atoms with Gasteiger partial charge in [0.15, 0.2) is 12.1 Å². The van der Waals surface area contributed by atoms with E-state index in [2.05, 4.69) is 0 Å². The number of rotatable bonds is 5. The number of carbonyl (C=O) groups is 2. The topological polar surface area (TPSA) is 48.3 Å². The molecule has 0 bridgehead atoms. The number of ether oxygens (including phenoxy) is 1. The number of nitrogens with zero attached hydrogens (tertiary/aromatic N) is 1. The number of hydrogen-bond acceptors (Lipinski definition) is 3. The molecular formula is C18H14FNO3. The summed E-state index contributed by atoms with van der Waals surface area (Å²) in [7, 11) is 1.55. The van der Waals surface area contributed by atoms with E-state index in [9.17, 15) is 14.0 Å². The highest BCUT2D eigenvalue weighted by Gasteiger charge is 2.13. The summed E-state index contributed by atoms with van der Waals surface area (Å²) in [6, 6.07) is 10.7. The van der Waals surface area contributed by atoms with E-state index in [0.29, 0.717) is 16.9 Å². The standard InChI is InChI=1S/C18H14FNO3/c1-23-15-6-7-17-16(8-15)13(11-21)9-20(17)10-18(22)12-2-4-14(19)5-3-12/h2-9,11H,10H2,1H3. The first-order chi connectivity index (χ1) is 11.1. The SMILES string of the molecule is COc1ccc2c(c1)c(C=O)cn2CC(=O)c1ccc(F)cc1. The molecule has 3 rings (SSSR count). The number of aldehydes is 1. The van der Waals surface area contributed by atoms with Gasteiger partial charge >= 0.3 is 0 Å². The lowest BCUT2D eigenvalue weighted by atomic mass is 10.1. The molecule has 1 aromatic heterocycles. The van der Waals surface area contributed by atoms with Crippen LogP contribution in [0.3, 0.4) is 0 Å². The van der Waals surface area contributed by atoms with Gasteiger partial charge in [-0.15, -0.1) is 0 Å². The van der Waals surface area contributed by atoms with E-state index in [4.69, 9.17) is 4.74 Å². The Kier molecular flexibility index (Phi) is 3.93. The summed E-state index contributed by atoms with van der Waals surface area (Å²) >= 11 is 0. The highest BCUT2D eigenvalue weighted by Crippen LogP contribution is 2.25. The Morgan fingerprint density at radius 3 is 2.61 bits per heavy atom. The monoisotopic (exact) mass is 311 g/mol.